The maximum absolute atomic E-state index is 2.64. The molecule has 2 rings (SSSR count). The van der Waals surface area contributed by atoms with Crippen LogP contribution in [0, 0.1) is 5.92 Å². The highest BCUT2D eigenvalue weighted by Crippen LogP contribution is 2.28. The Morgan fingerprint density at radius 3 is 2.07 bits per heavy atom. The van der Waals surface area contributed by atoms with Gasteiger partial charge >= 0.3 is 0 Å². The van der Waals surface area contributed by atoms with Gasteiger partial charge in [0.15, 0.2) is 0 Å². The van der Waals surface area contributed by atoms with Crippen LogP contribution >= 0.6 is 0 Å². The number of rotatable bonds is 2. The van der Waals surface area contributed by atoms with Gasteiger partial charge in [-0.2, -0.15) is 0 Å². The van der Waals surface area contributed by atoms with E-state index in [-0.39, 0.29) is 0 Å². The van der Waals surface area contributed by atoms with Gasteiger partial charge in [-0.3, -0.25) is 4.90 Å². The average molecular weight is 196 g/mol. The number of likely N-dealkylation sites (tertiary alicyclic amines) is 1. The predicted molar refractivity (Wildman–Crippen MR) is 60.5 cm³/mol. The summed E-state index contributed by atoms with van der Waals surface area (Å²) in [5.74, 6) is 0.976. The number of nitrogens with zero attached hydrogens (tertiary/aromatic N) is 2. The molecule has 2 nitrogen and oxygen atoms in total. The second-order valence-electron chi connectivity index (χ2n) is 5.45. The lowest BCUT2D eigenvalue weighted by molar-refractivity contribution is 0.0267. The van der Waals surface area contributed by atoms with Crippen LogP contribution in [0.4, 0.5) is 0 Å². The molecular formula is C12H24N2. The maximum Gasteiger partial charge on any atom is 0.0350 e. The summed E-state index contributed by atoms with van der Waals surface area (Å²) >= 11 is 0. The molecule has 0 aromatic carbocycles. The van der Waals surface area contributed by atoms with Crippen LogP contribution < -0.4 is 0 Å². The maximum atomic E-state index is 2.64. The first-order chi connectivity index (χ1) is 6.66. The summed E-state index contributed by atoms with van der Waals surface area (Å²) < 4.78 is 0. The summed E-state index contributed by atoms with van der Waals surface area (Å²) in [6.45, 7) is 4.96. The molecule has 2 fully saturated rings. The molecule has 0 unspecified atom stereocenters. The molecule has 1 aliphatic carbocycles. The van der Waals surface area contributed by atoms with Gasteiger partial charge < -0.3 is 4.90 Å². The lowest BCUT2D eigenvalue weighted by Gasteiger charge is -2.46. The van der Waals surface area contributed by atoms with Gasteiger partial charge in [-0.05, 0) is 45.7 Å². The normalized spacial score (nSPS) is 36.0. The molecule has 0 radical (unpaired) electrons. The first-order valence-corrected chi connectivity index (χ1v) is 6.07. The number of hydrogen-bond acceptors (Lipinski definition) is 2. The van der Waals surface area contributed by atoms with Crippen molar-refractivity contribution in [2.45, 2.75) is 44.7 Å². The molecule has 1 aliphatic heterocycles. The minimum atomic E-state index is 0.846. The summed E-state index contributed by atoms with van der Waals surface area (Å²) in [5, 5.41) is 0. The van der Waals surface area contributed by atoms with Crippen molar-refractivity contribution in [3.63, 3.8) is 0 Å². The van der Waals surface area contributed by atoms with Crippen LogP contribution in [0.15, 0.2) is 0 Å². The van der Waals surface area contributed by atoms with E-state index >= 15 is 0 Å². The zero-order valence-corrected chi connectivity index (χ0v) is 9.87. The molecule has 0 bridgehead atoms. The zero-order valence-electron chi connectivity index (χ0n) is 9.87. The average Bonchev–Trinajstić information content (AvgIpc) is 2.13. The molecule has 2 heteroatoms. The third-order valence-electron chi connectivity index (χ3n) is 4.18. The Morgan fingerprint density at radius 1 is 1.00 bits per heavy atom. The molecule has 0 aromatic rings. The van der Waals surface area contributed by atoms with E-state index in [0.717, 1.165) is 18.0 Å². The fourth-order valence-electron chi connectivity index (χ4n) is 2.87. The highest BCUT2D eigenvalue weighted by atomic mass is 15.3. The summed E-state index contributed by atoms with van der Waals surface area (Å²) in [4.78, 5) is 5.05. The van der Waals surface area contributed by atoms with Crippen molar-refractivity contribution in [1.82, 2.24) is 9.80 Å². The summed E-state index contributed by atoms with van der Waals surface area (Å²) in [7, 11) is 4.55. The van der Waals surface area contributed by atoms with Gasteiger partial charge in [0.05, 0.1) is 0 Å². The van der Waals surface area contributed by atoms with Gasteiger partial charge in [-0.15, -0.1) is 0 Å². The van der Waals surface area contributed by atoms with Crippen molar-refractivity contribution < 1.29 is 0 Å². The summed E-state index contributed by atoms with van der Waals surface area (Å²) in [5.41, 5.74) is 0. The zero-order chi connectivity index (χ0) is 10.1. The van der Waals surface area contributed by atoms with E-state index in [1.165, 1.54) is 38.8 Å². The van der Waals surface area contributed by atoms with Crippen LogP contribution in [0.5, 0.6) is 0 Å². The molecule has 1 saturated carbocycles. The highest BCUT2D eigenvalue weighted by molar-refractivity contribution is 4.89. The molecule has 14 heavy (non-hydrogen) atoms. The van der Waals surface area contributed by atoms with Gasteiger partial charge in [-0.1, -0.05) is 6.92 Å². The largest absolute Gasteiger partial charge is 0.303 e. The fraction of sp³-hybridized carbons (Fsp3) is 1.00. The molecule has 2 aliphatic rings. The Labute approximate surface area is 88.3 Å². The quantitative estimate of drug-likeness (QED) is 0.664. The molecule has 0 aromatic heterocycles. The van der Waals surface area contributed by atoms with Crippen molar-refractivity contribution in [2.24, 2.45) is 5.92 Å². The van der Waals surface area contributed by atoms with E-state index in [2.05, 4.69) is 30.8 Å². The Balaban J connectivity index is 1.77. The van der Waals surface area contributed by atoms with Crippen molar-refractivity contribution in [1.29, 1.82) is 0 Å². The Bertz CT molecular complexity index is 179. The van der Waals surface area contributed by atoms with Crippen LogP contribution in [0.1, 0.15) is 32.6 Å². The van der Waals surface area contributed by atoms with E-state index in [0.29, 0.717) is 0 Å². The van der Waals surface area contributed by atoms with Crippen LogP contribution in [-0.4, -0.2) is 49.1 Å². The van der Waals surface area contributed by atoms with Crippen LogP contribution in [0.3, 0.4) is 0 Å². The second kappa shape index (κ2) is 4.19. The standard InChI is InChI=1S/C12H24N2/c1-10-4-6-11(7-5-10)14(3)12-8-13(2)9-12/h10-12H,4-9H2,1-3H3. The Kier molecular flexibility index (Phi) is 3.13. The van der Waals surface area contributed by atoms with Gasteiger partial charge in [0, 0.05) is 25.2 Å². The topological polar surface area (TPSA) is 6.48 Å². The lowest BCUT2D eigenvalue weighted by Crippen LogP contribution is -2.59. The molecule has 0 amide bonds. The minimum absolute atomic E-state index is 0.846. The molecule has 1 heterocycles. The van der Waals surface area contributed by atoms with Crippen molar-refractivity contribution >= 4 is 0 Å². The Hall–Kier alpha value is -0.0800. The van der Waals surface area contributed by atoms with Crippen molar-refractivity contribution in [3.05, 3.63) is 0 Å². The van der Waals surface area contributed by atoms with Gasteiger partial charge in [0.2, 0.25) is 0 Å². The molecule has 0 atom stereocenters. The van der Waals surface area contributed by atoms with E-state index in [1.807, 2.05) is 0 Å². The molecule has 82 valence electrons. The van der Waals surface area contributed by atoms with E-state index in [9.17, 15) is 0 Å². The predicted octanol–water partition coefficient (Wildman–Crippen LogP) is 1.81. The SMILES string of the molecule is CC1CCC(N(C)C2CN(C)C2)CC1. The first-order valence-electron chi connectivity index (χ1n) is 6.07. The second-order valence-corrected chi connectivity index (χ2v) is 5.45. The van der Waals surface area contributed by atoms with E-state index < -0.39 is 0 Å². The third kappa shape index (κ3) is 2.12. The molecular weight excluding hydrogens is 172 g/mol. The number of hydrogen-bond donors (Lipinski definition) is 0. The van der Waals surface area contributed by atoms with Crippen molar-refractivity contribution in [2.75, 3.05) is 27.2 Å². The lowest BCUT2D eigenvalue weighted by atomic mass is 9.86. The smallest absolute Gasteiger partial charge is 0.0350 e. The third-order valence-corrected chi connectivity index (χ3v) is 4.18. The van der Waals surface area contributed by atoms with Gasteiger partial charge in [-0.25, -0.2) is 0 Å². The fourth-order valence-corrected chi connectivity index (χ4v) is 2.87. The first kappa shape index (κ1) is 10.4. The minimum Gasteiger partial charge on any atom is -0.303 e. The van der Waals surface area contributed by atoms with Crippen LogP contribution in [0.2, 0.25) is 0 Å². The molecule has 1 saturated heterocycles. The molecule has 0 spiro atoms. The Morgan fingerprint density at radius 2 is 1.57 bits per heavy atom. The van der Waals surface area contributed by atoms with Gasteiger partial charge in [0.25, 0.3) is 0 Å². The molecule has 0 N–H and O–H groups in total. The van der Waals surface area contributed by atoms with E-state index in [1.54, 1.807) is 0 Å². The summed E-state index contributed by atoms with van der Waals surface area (Å²) in [6.07, 6.45) is 5.74. The summed E-state index contributed by atoms with van der Waals surface area (Å²) in [6, 6.07) is 1.73. The number of likely N-dealkylation sites (N-methyl/N-ethyl adjacent to an activating group) is 2. The van der Waals surface area contributed by atoms with Gasteiger partial charge in [0.1, 0.15) is 0 Å². The van der Waals surface area contributed by atoms with Crippen LogP contribution in [0.25, 0.3) is 0 Å². The highest BCUT2D eigenvalue weighted by Gasteiger charge is 2.32. The van der Waals surface area contributed by atoms with Crippen molar-refractivity contribution in [3.8, 4) is 0 Å². The monoisotopic (exact) mass is 196 g/mol. The van der Waals surface area contributed by atoms with E-state index in [4.69, 9.17) is 0 Å². The van der Waals surface area contributed by atoms with Crippen LogP contribution in [-0.2, 0) is 0 Å².